The SMILES string of the molecule is Br.CCOc1cnc(-c2cccc[c]2[Pt][c]2nc(C(=O)OC)co2)o1. The molecular weight excluding hydrogens is 575 g/mol. The van der Waals surface area contributed by atoms with Crippen LogP contribution >= 0.6 is 17.0 Å². The first kappa shape index (κ1) is 19.4. The number of rotatable bonds is 6. The van der Waals surface area contributed by atoms with Crippen LogP contribution in [-0.2, 0) is 23.3 Å². The van der Waals surface area contributed by atoms with Gasteiger partial charge in [-0.05, 0) is 0 Å². The van der Waals surface area contributed by atoms with E-state index in [0.29, 0.717) is 22.7 Å². The number of benzene rings is 1. The molecule has 136 valence electrons. The number of esters is 1. The number of ether oxygens (including phenoxy) is 2. The maximum absolute atomic E-state index is 11.5. The van der Waals surface area contributed by atoms with Gasteiger partial charge in [0.25, 0.3) is 0 Å². The molecule has 9 heteroatoms. The number of nitrogens with zero attached hydrogens (tertiary/aromatic N) is 2. The van der Waals surface area contributed by atoms with Gasteiger partial charge >= 0.3 is 146 Å². The van der Waals surface area contributed by atoms with Crippen LogP contribution in [0.5, 0.6) is 5.95 Å². The number of hydrogen-bond acceptors (Lipinski definition) is 7. The molecule has 2 heterocycles. The molecule has 0 aliphatic rings. The van der Waals surface area contributed by atoms with Crippen LogP contribution in [-0.4, -0.2) is 29.7 Å². The Labute approximate surface area is 163 Å². The average Bonchev–Trinajstić information content (AvgIpc) is 3.25. The molecule has 3 rings (SSSR count). The fraction of sp³-hybridized carbons (Fsp3) is 0.188. The third kappa shape index (κ3) is 4.58. The predicted molar refractivity (Wildman–Crippen MR) is 90.5 cm³/mol. The Kier molecular flexibility index (Phi) is 6.96. The van der Waals surface area contributed by atoms with Crippen LogP contribution in [0.1, 0.15) is 17.4 Å². The Hall–Kier alpha value is -1.92. The topological polar surface area (TPSA) is 87.6 Å². The van der Waals surface area contributed by atoms with Crippen LogP contribution in [0.4, 0.5) is 0 Å². The third-order valence-corrected chi connectivity index (χ3v) is 5.47. The van der Waals surface area contributed by atoms with Crippen molar-refractivity contribution < 1.29 is 41.7 Å². The molecule has 0 aliphatic carbocycles. The number of aromatic nitrogens is 2. The van der Waals surface area contributed by atoms with Gasteiger partial charge in [-0.25, -0.2) is 0 Å². The second kappa shape index (κ2) is 8.97. The zero-order valence-electron chi connectivity index (χ0n) is 13.3. The second-order valence-electron chi connectivity index (χ2n) is 4.39. The van der Waals surface area contributed by atoms with Gasteiger partial charge in [0.05, 0.1) is 0 Å². The van der Waals surface area contributed by atoms with Crippen LogP contribution in [0.25, 0.3) is 11.5 Å². The number of carbonyl (C=O) groups is 1. The average molecular weight is 590 g/mol. The fourth-order valence-electron chi connectivity index (χ4n) is 1.83. The predicted octanol–water partition coefficient (Wildman–Crippen LogP) is 2.13. The van der Waals surface area contributed by atoms with Gasteiger partial charge in [0.2, 0.25) is 0 Å². The van der Waals surface area contributed by atoms with E-state index in [1.54, 1.807) is 6.20 Å². The summed E-state index contributed by atoms with van der Waals surface area (Å²) in [5.41, 5.74) is 1.02. The summed E-state index contributed by atoms with van der Waals surface area (Å²) in [6.07, 6.45) is 2.86. The van der Waals surface area contributed by atoms with Crippen LogP contribution in [0.15, 0.2) is 45.6 Å². The van der Waals surface area contributed by atoms with E-state index in [1.807, 2.05) is 31.2 Å². The minimum atomic E-state index is -0.766. The molecule has 0 spiro atoms. The molecule has 0 amide bonds. The van der Waals surface area contributed by atoms with Crippen molar-refractivity contribution in [2.75, 3.05) is 13.7 Å². The Morgan fingerprint density at radius 1 is 1.32 bits per heavy atom. The van der Waals surface area contributed by atoms with Crippen molar-refractivity contribution in [3.05, 3.63) is 42.4 Å². The van der Waals surface area contributed by atoms with Gasteiger partial charge in [0.1, 0.15) is 0 Å². The summed E-state index contributed by atoms with van der Waals surface area (Å²) >= 11 is -0.766. The van der Waals surface area contributed by atoms with Gasteiger partial charge in [0, 0.05) is 0 Å². The second-order valence-corrected chi connectivity index (χ2v) is 7.16. The Bertz CT molecular complexity index is 848. The van der Waals surface area contributed by atoms with E-state index in [-0.39, 0.29) is 22.7 Å². The molecule has 0 bridgehead atoms. The Morgan fingerprint density at radius 2 is 2.12 bits per heavy atom. The van der Waals surface area contributed by atoms with E-state index in [4.69, 9.17) is 13.6 Å². The molecule has 0 radical (unpaired) electrons. The molecule has 0 atom stereocenters. The summed E-state index contributed by atoms with van der Waals surface area (Å²) in [5.74, 6) is 0.343. The summed E-state index contributed by atoms with van der Waals surface area (Å²) in [6.45, 7) is 2.39. The normalized spacial score (nSPS) is 10.3. The molecule has 0 saturated heterocycles. The number of methoxy groups -OCH3 is 1. The van der Waals surface area contributed by atoms with Gasteiger partial charge in [-0.1, -0.05) is 0 Å². The Balaban J connectivity index is 0.00000225. The van der Waals surface area contributed by atoms with E-state index < -0.39 is 24.5 Å². The summed E-state index contributed by atoms with van der Waals surface area (Å²) in [7, 11) is 1.31. The summed E-state index contributed by atoms with van der Waals surface area (Å²) in [6, 6.07) is 7.72. The van der Waals surface area contributed by atoms with Crippen molar-refractivity contribution in [1.82, 2.24) is 9.97 Å². The van der Waals surface area contributed by atoms with Crippen molar-refractivity contribution in [3.8, 4) is 17.4 Å². The van der Waals surface area contributed by atoms with Crippen LogP contribution in [0.3, 0.4) is 0 Å². The molecule has 2 aromatic heterocycles. The quantitative estimate of drug-likeness (QED) is 0.407. The summed E-state index contributed by atoms with van der Waals surface area (Å²) in [5, 5.41) is 0. The van der Waals surface area contributed by atoms with Gasteiger partial charge in [-0.15, -0.1) is 17.0 Å². The van der Waals surface area contributed by atoms with Gasteiger partial charge in [0.15, 0.2) is 0 Å². The molecule has 0 saturated carbocycles. The van der Waals surface area contributed by atoms with Gasteiger partial charge in [-0.2, -0.15) is 0 Å². The first-order valence-electron chi connectivity index (χ1n) is 7.01. The molecule has 3 aromatic rings. The zero-order chi connectivity index (χ0) is 16.9. The summed E-state index contributed by atoms with van der Waals surface area (Å²) in [4.78, 5) is 19.9. The van der Waals surface area contributed by atoms with Crippen molar-refractivity contribution in [3.63, 3.8) is 0 Å². The first-order chi connectivity index (χ1) is 11.7. The molecule has 0 N–H and O–H groups in total. The van der Waals surface area contributed by atoms with E-state index >= 15 is 0 Å². The van der Waals surface area contributed by atoms with Gasteiger partial charge < -0.3 is 0 Å². The van der Waals surface area contributed by atoms with Crippen molar-refractivity contribution in [2.45, 2.75) is 6.92 Å². The van der Waals surface area contributed by atoms with E-state index in [9.17, 15) is 4.79 Å². The molecule has 7 nitrogen and oxygen atoms in total. The molecule has 0 fully saturated rings. The molecule has 1 aromatic carbocycles. The number of carbonyl (C=O) groups excluding carboxylic acids is 1. The number of oxazole rings is 2. The molecule has 0 aliphatic heterocycles. The van der Waals surface area contributed by atoms with Gasteiger partial charge in [-0.3, -0.25) is 0 Å². The third-order valence-electron chi connectivity index (χ3n) is 2.86. The van der Waals surface area contributed by atoms with E-state index in [0.717, 1.165) is 9.52 Å². The molecule has 0 unspecified atom stereocenters. The van der Waals surface area contributed by atoms with Crippen LogP contribution in [0, 0.1) is 0 Å². The van der Waals surface area contributed by atoms with Crippen LogP contribution in [0.2, 0.25) is 0 Å². The van der Waals surface area contributed by atoms with Crippen molar-refractivity contribution in [2.24, 2.45) is 0 Å². The van der Waals surface area contributed by atoms with Crippen LogP contribution < -0.4 is 13.0 Å². The fourth-order valence-corrected chi connectivity index (χ4v) is 4.17. The standard InChI is InChI=1S/C11H10NO2.C5H4NO3.BrH.Pt/c1-2-13-10-8-12-11(14-10)9-6-4-3-5-7-9;1-8-5(7)4-2-9-3-6-4;;/h3-6,8H,2H2,1H3;2H,1H3;1H;. The maximum atomic E-state index is 11.5. The monoisotopic (exact) mass is 589 g/mol. The minimum absolute atomic E-state index is 0. The van der Waals surface area contributed by atoms with Crippen molar-refractivity contribution in [1.29, 1.82) is 0 Å². The summed E-state index contributed by atoms with van der Waals surface area (Å²) < 4.78 is 22.5. The Morgan fingerprint density at radius 3 is 2.88 bits per heavy atom. The molecular formula is C16H15BrN2O5Pt. The zero-order valence-corrected chi connectivity index (χ0v) is 17.3. The first-order valence-corrected chi connectivity index (χ1v) is 9.29. The van der Waals surface area contributed by atoms with E-state index in [1.165, 1.54) is 13.4 Å². The number of hydrogen-bond donors (Lipinski definition) is 0. The number of halogens is 1. The molecule has 25 heavy (non-hydrogen) atoms. The van der Waals surface area contributed by atoms with Crippen molar-refractivity contribution >= 4 is 31.2 Å². The van der Waals surface area contributed by atoms with E-state index in [2.05, 4.69) is 14.7 Å².